The highest BCUT2D eigenvalue weighted by Gasteiger charge is 2.12. The maximum absolute atomic E-state index is 5.36. The zero-order valence-electron chi connectivity index (χ0n) is 12.9. The van der Waals surface area contributed by atoms with Crippen LogP contribution in [-0.2, 0) is 0 Å². The number of aromatic nitrogens is 2. The number of hydrogen-bond donors (Lipinski definition) is 1. The van der Waals surface area contributed by atoms with E-state index in [4.69, 9.17) is 12.2 Å². The number of aryl methyl sites for hydroxylation is 1. The Bertz CT molecular complexity index is 916. The molecule has 0 unspecified atom stereocenters. The zero-order valence-corrected chi connectivity index (χ0v) is 14.6. The summed E-state index contributed by atoms with van der Waals surface area (Å²) < 4.78 is 1.89. The number of hydrogen-bond acceptors (Lipinski definition) is 3. The van der Waals surface area contributed by atoms with Crippen LogP contribution in [0.15, 0.2) is 37.2 Å². The first kappa shape index (κ1) is 15.1. The van der Waals surface area contributed by atoms with Gasteiger partial charge in [-0.3, -0.25) is 0 Å². The topological polar surface area (TPSA) is 28.7 Å². The molecule has 0 amide bonds. The van der Waals surface area contributed by atoms with Crippen LogP contribution in [0.4, 0.5) is 0 Å². The first-order valence-corrected chi connectivity index (χ1v) is 8.47. The summed E-state index contributed by atoms with van der Waals surface area (Å²) in [4.78, 5) is 8.44. The van der Waals surface area contributed by atoms with Gasteiger partial charge in [-0.05, 0) is 41.5 Å². The summed E-state index contributed by atoms with van der Waals surface area (Å²) in [5.74, 6) is 0.535. The van der Waals surface area contributed by atoms with E-state index in [-0.39, 0.29) is 0 Å². The Kier molecular flexibility index (Phi) is 3.98. The van der Waals surface area contributed by atoms with E-state index >= 15 is 0 Å². The highest BCUT2D eigenvalue weighted by molar-refractivity contribution is 7.71. The van der Waals surface area contributed by atoms with Crippen LogP contribution in [-0.4, -0.2) is 9.97 Å². The highest BCUT2D eigenvalue weighted by Crippen LogP contribution is 2.35. The number of rotatable bonds is 3. The van der Waals surface area contributed by atoms with Crippen LogP contribution in [0, 0.1) is 11.6 Å². The van der Waals surface area contributed by atoms with Gasteiger partial charge in [-0.1, -0.05) is 44.8 Å². The Labute approximate surface area is 139 Å². The molecule has 2 heterocycles. The Hall–Kier alpha value is -1.78. The first-order chi connectivity index (χ1) is 10.5. The molecule has 4 heteroatoms. The number of nitrogens with zero attached hydrogens (tertiary/aromatic N) is 1. The molecule has 0 aliphatic carbocycles. The predicted octanol–water partition coefficient (Wildman–Crippen LogP) is 5.85. The maximum Gasteiger partial charge on any atom is 0.137 e. The minimum atomic E-state index is 0.535. The van der Waals surface area contributed by atoms with Gasteiger partial charge in [0.2, 0.25) is 0 Å². The fourth-order valence-electron chi connectivity index (χ4n) is 2.52. The predicted molar refractivity (Wildman–Crippen MR) is 98.2 cm³/mol. The largest absolute Gasteiger partial charge is 0.349 e. The number of H-pyrrole nitrogens is 1. The van der Waals surface area contributed by atoms with Crippen molar-refractivity contribution in [3.63, 3.8) is 0 Å². The van der Waals surface area contributed by atoms with Crippen LogP contribution < -0.4 is 0 Å². The minimum Gasteiger partial charge on any atom is -0.349 e. The molecule has 1 N–H and O–H groups in total. The van der Waals surface area contributed by atoms with Crippen molar-refractivity contribution in [2.45, 2.75) is 26.7 Å². The third-order valence-electron chi connectivity index (χ3n) is 3.86. The van der Waals surface area contributed by atoms with Crippen molar-refractivity contribution in [1.82, 2.24) is 9.97 Å². The molecule has 0 spiro atoms. The second kappa shape index (κ2) is 5.78. The molecule has 1 aromatic carbocycles. The number of fused-ring (bicyclic) bond motifs is 1. The molecular weight excluding hydrogens is 308 g/mol. The molecule has 0 fully saturated rings. The molecule has 0 aliphatic heterocycles. The lowest BCUT2D eigenvalue weighted by atomic mass is 10.0. The summed E-state index contributed by atoms with van der Waals surface area (Å²) in [5.41, 5.74) is 4.25. The third kappa shape index (κ3) is 2.64. The van der Waals surface area contributed by atoms with E-state index in [0.717, 1.165) is 21.7 Å². The van der Waals surface area contributed by atoms with Crippen LogP contribution in [0.3, 0.4) is 0 Å². The lowest BCUT2D eigenvalue weighted by Gasteiger charge is -2.06. The summed E-state index contributed by atoms with van der Waals surface area (Å²) in [7, 11) is 0. The molecule has 2 aromatic heterocycles. The number of thiophene rings is 1. The average molecular weight is 326 g/mol. The Morgan fingerprint density at radius 2 is 2.09 bits per heavy atom. The first-order valence-electron chi connectivity index (χ1n) is 7.25. The van der Waals surface area contributed by atoms with Crippen LogP contribution >= 0.6 is 23.6 Å². The van der Waals surface area contributed by atoms with Gasteiger partial charge in [-0.15, -0.1) is 11.3 Å². The Morgan fingerprint density at radius 1 is 1.32 bits per heavy atom. The number of benzene rings is 1. The van der Waals surface area contributed by atoms with Crippen molar-refractivity contribution >= 4 is 39.2 Å². The Balaban J connectivity index is 2.10. The molecular formula is C18H18N2S2. The van der Waals surface area contributed by atoms with Crippen molar-refractivity contribution in [2.75, 3.05) is 0 Å². The van der Waals surface area contributed by atoms with Crippen LogP contribution in [0.1, 0.15) is 41.5 Å². The number of aromatic amines is 1. The molecule has 112 valence electrons. The van der Waals surface area contributed by atoms with E-state index in [1.165, 1.54) is 15.6 Å². The fraction of sp³-hybridized carbons (Fsp3) is 0.222. The molecule has 0 saturated heterocycles. The summed E-state index contributed by atoms with van der Waals surface area (Å²) in [6.45, 7) is 10.7. The maximum atomic E-state index is 5.36. The van der Waals surface area contributed by atoms with Crippen LogP contribution in [0.5, 0.6) is 0 Å². The van der Waals surface area contributed by atoms with Gasteiger partial charge in [0.05, 0.1) is 6.33 Å². The molecule has 0 aliphatic rings. The van der Waals surface area contributed by atoms with Crippen LogP contribution in [0.2, 0.25) is 0 Å². The fourth-order valence-corrected chi connectivity index (χ4v) is 3.94. The van der Waals surface area contributed by atoms with Gasteiger partial charge in [0.1, 0.15) is 4.64 Å². The van der Waals surface area contributed by atoms with E-state index in [1.807, 2.05) is 6.92 Å². The van der Waals surface area contributed by atoms with Crippen LogP contribution in [0.25, 0.3) is 15.7 Å². The van der Waals surface area contributed by atoms with Gasteiger partial charge >= 0.3 is 0 Å². The number of nitrogens with one attached hydrogen (secondary N) is 1. The van der Waals surface area contributed by atoms with E-state index in [2.05, 4.69) is 54.7 Å². The van der Waals surface area contributed by atoms with Gasteiger partial charge in [0.25, 0.3) is 0 Å². The third-order valence-corrected chi connectivity index (χ3v) is 5.33. The summed E-state index contributed by atoms with van der Waals surface area (Å²) in [5, 5.41) is 1.25. The lowest BCUT2D eigenvalue weighted by molar-refractivity contribution is 0.869. The summed E-state index contributed by atoms with van der Waals surface area (Å²) >= 11 is 7.13. The average Bonchev–Trinajstić information content (AvgIpc) is 2.89. The SMILES string of the molecule is C=C(c1cc2ccc(C(C)C)cc2s1)c1c(C)[nH]cnc1=S. The minimum absolute atomic E-state index is 0.535. The quantitative estimate of drug-likeness (QED) is 0.612. The monoisotopic (exact) mass is 326 g/mol. The van der Waals surface area contributed by atoms with Gasteiger partial charge < -0.3 is 4.98 Å². The van der Waals surface area contributed by atoms with E-state index < -0.39 is 0 Å². The molecule has 0 radical (unpaired) electrons. The highest BCUT2D eigenvalue weighted by atomic mass is 32.1. The van der Waals surface area contributed by atoms with E-state index in [9.17, 15) is 0 Å². The molecule has 3 aromatic rings. The molecule has 3 rings (SSSR count). The standard InChI is InChI=1S/C18H18N2S2/c1-10(2)13-5-6-14-8-15(22-16(14)7-13)11(3)17-12(4)19-9-20-18(17)21/h5-10H,3H2,1-2,4H3,(H,19,20,21). The van der Waals surface area contributed by atoms with E-state index in [0.29, 0.717) is 10.6 Å². The van der Waals surface area contributed by atoms with Gasteiger partial charge in [-0.25, -0.2) is 4.98 Å². The second-order valence-corrected chi connectivity index (χ2v) is 7.22. The molecule has 0 bridgehead atoms. The summed E-state index contributed by atoms with van der Waals surface area (Å²) in [6.07, 6.45) is 1.63. The Morgan fingerprint density at radius 3 is 2.77 bits per heavy atom. The molecule has 2 nitrogen and oxygen atoms in total. The van der Waals surface area contributed by atoms with Crippen molar-refractivity contribution < 1.29 is 0 Å². The van der Waals surface area contributed by atoms with Crippen molar-refractivity contribution in [3.8, 4) is 0 Å². The zero-order chi connectivity index (χ0) is 15.9. The normalized spacial score (nSPS) is 11.3. The lowest BCUT2D eigenvalue weighted by Crippen LogP contribution is -1.95. The van der Waals surface area contributed by atoms with Gasteiger partial charge in [0.15, 0.2) is 0 Å². The van der Waals surface area contributed by atoms with Crippen molar-refractivity contribution in [1.29, 1.82) is 0 Å². The second-order valence-electron chi connectivity index (χ2n) is 5.75. The molecule has 0 saturated carbocycles. The van der Waals surface area contributed by atoms with Gasteiger partial charge in [0, 0.05) is 20.8 Å². The summed E-state index contributed by atoms with van der Waals surface area (Å²) in [6, 6.07) is 8.86. The van der Waals surface area contributed by atoms with Crippen molar-refractivity contribution in [3.05, 3.63) is 63.5 Å². The molecule has 0 atom stereocenters. The van der Waals surface area contributed by atoms with Crippen molar-refractivity contribution in [2.24, 2.45) is 0 Å². The smallest absolute Gasteiger partial charge is 0.137 e. The van der Waals surface area contributed by atoms with E-state index in [1.54, 1.807) is 17.7 Å². The van der Waals surface area contributed by atoms with Gasteiger partial charge in [-0.2, -0.15) is 0 Å². The molecule has 22 heavy (non-hydrogen) atoms.